The number of allylic oxidation sites excluding steroid dienone is 1. The van der Waals surface area contributed by atoms with Gasteiger partial charge in [0.15, 0.2) is 0 Å². The molecule has 0 N–H and O–H groups in total. The highest BCUT2D eigenvalue weighted by atomic mass is 16.5. The van der Waals surface area contributed by atoms with E-state index >= 15 is 0 Å². The van der Waals surface area contributed by atoms with Gasteiger partial charge in [-0.15, -0.1) is 0 Å². The Kier molecular flexibility index (Phi) is 5.91. The van der Waals surface area contributed by atoms with Gasteiger partial charge in [-0.2, -0.15) is 0 Å². The lowest BCUT2D eigenvalue weighted by Crippen LogP contribution is -2.67. The Balaban J connectivity index is 1.52. The maximum absolute atomic E-state index is 12.7. The van der Waals surface area contributed by atoms with Gasteiger partial charge >= 0.3 is 5.97 Å². The smallest absolute Gasteiger partial charge is 0.302 e. The highest BCUT2D eigenvalue weighted by Gasteiger charge is 2.71. The largest absolute Gasteiger partial charge is 0.550 e. The first-order chi connectivity index (χ1) is 16.6. The zero-order valence-electron chi connectivity index (χ0n) is 23.9. The zero-order chi connectivity index (χ0) is 26.5. The molecule has 202 valence electrons. The second-order valence-corrected chi connectivity index (χ2v) is 15.1. The summed E-state index contributed by atoms with van der Waals surface area (Å²) in [5, 5.41) is 12.7. The van der Waals surface area contributed by atoms with E-state index in [4.69, 9.17) is 4.74 Å². The van der Waals surface area contributed by atoms with Gasteiger partial charge < -0.3 is 14.6 Å². The number of hydrogen-bond donors (Lipinski definition) is 0. The third-order valence-electron chi connectivity index (χ3n) is 13.7. The number of rotatable bonds is 3. The van der Waals surface area contributed by atoms with Crippen LogP contribution in [0.5, 0.6) is 0 Å². The van der Waals surface area contributed by atoms with E-state index in [2.05, 4.69) is 48.1 Å². The molecule has 5 rings (SSSR count). The molecule has 5 fully saturated rings. The first-order valence-corrected chi connectivity index (χ1v) is 14.7. The van der Waals surface area contributed by atoms with Crippen molar-refractivity contribution in [2.24, 2.45) is 56.7 Å². The van der Waals surface area contributed by atoms with Crippen LogP contribution >= 0.6 is 0 Å². The molecule has 0 aromatic rings. The Morgan fingerprint density at radius 3 is 2.11 bits per heavy atom. The summed E-state index contributed by atoms with van der Waals surface area (Å²) in [4.78, 5) is 24.6. The summed E-state index contributed by atoms with van der Waals surface area (Å²) in [6.07, 6.45) is 10.2. The van der Waals surface area contributed by atoms with E-state index in [1.807, 2.05) is 0 Å². The SMILES string of the molecule is C=C(C)C1CCC2(C(=O)[O-])CCC3(C)C(CCC4C5(C)CCC(OC(C)=O)C(C)(C)C5CCC43C)C12. The molecule has 10 atom stereocenters. The minimum atomic E-state index is -0.799. The average Bonchev–Trinajstić information content (AvgIpc) is 3.17. The van der Waals surface area contributed by atoms with Crippen molar-refractivity contribution in [3.63, 3.8) is 0 Å². The van der Waals surface area contributed by atoms with Crippen molar-refractivity contribution in [3.05, 3.63) is 12.2 Å². The molecule has 0 bridgehead atoms. The van der Waals surface area contributed by atoms with Gasteiger partial charge in [0, 0.05) is 23.7 Å². The van der Waals surface area contributed by atoms with Gasteiger partial charge in [0.2, 0.25) is 0 Å². The minimum absolute atomic E-state index is 0.00228. The van der Waals surface area contributed by atoms with Crippen molar-refractivity contribution in [2.75, 3.05) is 0 Å². The van der Waals surface area contributed by atoms with Crippen LogP contribution in [-0.4, -0.2) is 18.0 Å². The monoisotopic (exact) mass is 497 g/mol. The van der Waals surface area contributed by atoms with Crippen molar-refractivity contribution < 1.29 is 19.4 Å². The fraction of sp³-hybridized carbons (Fsp3) is 0.875. The number of esters is 1. The summed E-state index contributed by atoms with van der Waals surface area (Å²) in [5.74, 6) is 1.07. The van der Waals surface area contributed by atoms with Crippen molar-refractivity contribution in [2.45, 2.75) is 119 Å². The van der Waals surface area contributed by atoms with Crippen LogP contribution in [0.4, 0.5) is 0 Å². The maximum Gasteiger partial charge on any atom is 0.302 e. The summed E-state index contributed by atoms with van der Waals surface area (Å²) in [6.45, 7) is 20.3. The third kappa shape index (κ3) is 3.17. The zero-order valence-corrected chi connectivity index (χ0v) is 23.9. The molecule has 0 amide bonds. The Morgan fingerprint density at radius 1 is 0.806 bits per heavy atom. The van der Waals surface area contributed by atoms with Crippen LogP contribution in [-0.2, 0) is 14.3 Å². The van der Waals surface area contributed by atoms with Gasteiger partial charge in [-0.25, -0.2) is 0 Å². The van der Waals surface area contributed by atoms with E-state index in [1.165, 1.54) is 18.4 Å². The molecule has 0 radical (unpaired) electrons. The molecule has 5 aliphatic carbocycles. The molecule has 36 heavy (non-hydrogen) atoms. The van der Waals surface area contributed by atoms with E-state index in [9.17, 15) is 14.7 Å². The van der Waals surface area contributed by atoms with Crippen molar-refractivity contribution in [1.29, 1.82) is 0 Å². The molecule has 4 nitrogen and oxygen atoms in total. The van der Waals surface area contributed by atoms with Gasteiger partial charge in [-0.1, -0.05) is 46.8 Å². The number of ether oxygens (including phenoxy) is 1. The highest BCUT2D eigenvalue weighted by molar-refractivity contribution is 5.74. The molecule has 0 aromatic carbocycles. The summed E-state index contributed by atoms with van der Waals surface area (Å²) < 4.78 is 5.87. The topological polar surface area (TPSA) is 66.4 Å². The maximum atomic E-state index is 12.7. The molecule has 0 spiro atoms. The minimum Gasteiger partial charge on any atom is -0.550 e. The summed E-state index contributed by atoms with van der Waals surface area (Å²) >= 11 is 0. The van der Waals surface area contributed by atoms with Crippen LogP contribution < -0.4 is 5.11 Å². The summed E-state index contributed by atoms with van der Waals surface area (Å²) in [7, 11) is 0. The second kappa shape index (κ2) is 8.09. The molecular weight excluding hydrogens is 448 g/mol. The molecule has 0 aliphatic heterocycles. The Hall–Kier alpha value is -1.32. The predicted octanol–water partition coefficient (Wildman–Crippen LogP) is 6.33. The first kappa shape index (κ1) is 26.3. The second-order valence-electron chi connectivity index (χ2n) is 15.1. The number of carbonyl (C=O) groups excluding carboxylic acids is 2. The van der Waals surface area contributed by atoms with Crippen LogP contribution in [0.15, 0.2) is 12.2 Å². The van der Waals surface area contributed by atoms with E-state index in [1.54, 1.807) is 6.92 Å². The quantitative estimate of drug-likeness (QED) is 0.338. The number of aliphatic carboxylic acids is 1. The molecule has 10 unspecified atom stereocenters. The van der Waals surface area contributed by atoms with Crippen LogP contribution in [0.2, 0.25) is 0 Å². The number of carboxylic acid groups (broad SMARTS) is 1. The van der Waals surface area contributed by atoms with Crippen LogP contribution in [0.1, 0.15) is 113 Å². The first-order valence-electron chi connectivity index (χ1n) is 14.7. The average molecular weight is 498 g/mol. The number of hydrogen-bond acceptors (Lipinski definition) is 4. The predicted molar refractivity (Wildman–Crippen MR) is 140 cm³/mol. The van der Waals surface area contributed by atoms with Crippen molar-refractivity contribution in [3.8, 4) is 0 Å². The van der Waals surface area contributed by atoms with E-state index in [0.29, 0.717) is 23.7 Å². The molecule has 0 saturated heterocycles. The molecule has 5 saturated carbocycles. The van der Waals surface area contributed by atoms with E-state index in [0.717, 1.165) is 51.4 Å². The number of fused-ring (bicyclic) bond motifs is 7. The van der Waals surface area contributed by atoms with Crippen LogP contribution in [0, 0.1) is 56.7 Å². The lowest BCUT2D eigenvalue weighted by atomic mass is 9.32. The number of carbonyl (C=O) groups is 2. The molecule has 4 heteroatoms. The molecule has 5 aliphatic rings. The van der Waals surface area contributed by atoms with Gasteiger partial charge in [0.1, 0.15) is 6.10 Å². The van der Waals surface area contributed by atoms with Crippen molar-refractivity contribution in [1.82, 2.24) is 0 Å². The normalized spacial score (nSPS) is 51.2. The molecule has 0 heterocycles. The fourth-order valence-corrected chi connectivity index (χ4v) is 11.9. The lowest BCUT2D eigenvalue weighted by molar-refractivity contribution is -0.329. The molecule has 0 aromatic heterocycles. The summed E-state index contributed by atoms with van der Waals surface area (Å²) in [6, 6.07) is 0. The fourth-order valence-electron chi connectivity index (χ4n) is 11.9. The third-order valence-corrected chi connectivity index (χ3v) is 13.7. The highest BCUT2D eigenvalue weighted by Crippen LogP contribution is 2.77. The van der Waals surface area contributed by atoms with Gasteiger partial charge in [-0.05, 0) is 117 Å². The Bertz CT molecular complexity index is 967. The van der Waals surface area contributed by atoms with E-state index in [-0.39, 0.29) is 39.7 Å². The van der Waals surface area contributed by atoms with Gasteiger partial charge in [0.25, 0.3) is 0 Å². The molecular formula is C32H49O4-. The standard InChI is InChI=1S/C32H50O4/c1-19(2)21-11-16-32(27(34)35)18-17-30(7)22(26(21)32)9-10-24-29(6)14-13-25(36-20(3)33)28(4,5)23(29)12-15-31(24,30)8/h21-26H,1,9-18H2,2-8H3,(H,34,35)/p-1. The van der Waals surface area contributed by atoms with Gasteiger partial charge in [0.05, 0.1) is 0 Å². The lowest BCUT2D eigenvalue weighted by Gasteiger charge is -2.73. The summed E-state index contributed by atoms with van der Waals surface area (Å²) in [5.41, 5.74) is 0.996. The van der Waals surface area contributed by atoms with E-state index < -0.39 is 11.4 Å². The van der Waals surface area contributed by atoms with Crippen LogP contribution in [0.25, 0.3) is 0 Å². The number of carboxylic acids is 1. The van der Waals surface area contributed by atoms with Crippen molar-refractivity contribution >= 4 is 11.9 Å². The van der Waals surface area contributed by atoms with Gasteiger partial charge in [-0.3, -0.25) is 4.79 Å². The Labute approximate surface area is 219 Å². The van der Waals surface area contributed by atoms with Crippen LogP contribution in [0.3, 0.4) is 0 Å². The Morgan fingerprint density at radius 2 is 1.50 bits per heavy atom.